The second-order valence-electron chi connectivity index (χ2n) is 4.40. The fourth-order valence-corrected chi connectivity index (χ4v) is 3.13. The van der Waals surface area contributed by atoms with Crippen LogP contribution in [0.5, 0.6) is 0 Å². The van der Waals surface area contributed by atoms with Gasteiger partial charge in [-0.2, -0.15) is 21.7 Å². The highest BCUT2D eigenvalue weighted by Gasteiger charge is 2.29. The molecule has 1 aromatic heterocycles. The van der Waals surface area contributed by atoms with Crippen molar-refractivity contribution in [1.29, 1.82) is 0 Å². The average Bonchev–Trinajstić information content (AvgIpc) is 2.73. The van der Waals surface area contributed by atoms with Crippen molar-refractivity contribution in [3.63, 3.8) is 0 Å². The molecule has 7 heteroatoms. The molecule has 1 saturated heterocycles. The number of rotatable bonds is 4. The SMILES string of the molecule is CC1(CNc2cc(NN)nc(N)n2)CCCS1. The summed E-state index contributed by atoms with van der Waals surface area (Å²) in [5, 5.41) is 3.30. The zero-order valence-electron chi connectivity index (χ0n) is 9.86. The van der Waals surface area contributed by atoms with Crippen LogP contribution in [0.25, 0.3) is 0 Å². The van der Waals surface area contributed by atoms with E-state index in [4.69, 9.17) is 11.6 Å². The third kappa shape index (κ3) is 3.13. The zero-order chi connectivity index (χ0) is 12.3. The molecular weight excluding hydrogens is 236 g/mol. The van der Waals surface area contributed by atoms with Gasteiger partial charge in [-0.25, -0.2) is 5.84 Å². The van der Waals surface area contributed by atoms with Gasteiger partial charge >= 0.3 is 0 Å². The van der Waals surface area contributed by atoms with Gasteiger partial charge in [-0.05, 0) is 25.5 Å². The molecule has 0 bridgehead atoms. The molecular formula is C10H18N6S. The third-order valence-corrected chi connectivity index (χ3v) is 4.37. The van der Waals surface area contributed by atoms with Gasteiger partial charge in [0.15, 0.2) is 0 Å². The van der Waals surface area contributed by atoms with Gasteiger partial charge < -0.3 is 16.5 Å². The lowest BCUT2D eigenvalue weighted by Gasteiger charge is -2.23. The summed E-state index contributed by atoms with van der Waals surface area (Å²) < 4.78 is 0.288. The Morgan fingerprint density at radius 3 is 2.88 bits per heavy atom. The van der Waals surface area contributed by atoms with Gasteiger partial charge in [-0.3, -0.25) is 0 Å². The highest BCUT2D eigenvalue weighted by atomic mass is 32.2. The predicted octanol–water partition coefficient (Wildman–Crippen LogP) is 1.04. The fourth-order valence-electron chi connectivity index (χ4n) is 1.88. The van der Waals surface area contributed by atoms with Crippen LogP contribution in [-0.4, -0.2) is 27.0 Å². The summed E-state index contributed by atoms with van der Waals surface area (Å²) in [5.74, 6) is 7.98. The maximum atomic E-state index is 5.59. The predicted molar refractivity (Wildman–Crippen MR) is 72.8 cm³/mol. The van der Waals surface area contributed by atoms with Gasteiger partial charge in [0.05, 0.1) is 0 Å². The van der Waals surface area contributed by atoms with Crippen molar-refractivity contribution in [3.05, 3.63) is 6.07 Å². The van der Waals surface area contributed by atoms with E-state index in [0.717, 1.165) is 6.54 Å². The smallest absolute Gasteiger partial charge is 0.223 e. The largest absolute Gasteiger partial charge is 0.368 e. The van der Waals surface area contributed by atoms with E-state index in [9.17, 15) is 0 Å². The molecule has 1 fully saturated rings. The van der Waals surface area contributed by atoms with Crippen molar-refractivity contribution in [3.8, 4) is 0 Å². The van der Waals surface area contributed by atoms with Crippen LogP contribution in [0.4, 0.5) is 17.6 Å². The standard InChI is InChI=1S/C10H18N6S/c1-10(3-2-4-17-10)6-13-7-5-8(16-12)15-9(11)14-7/h5H,2-4,6,12H2,1H3,(H4,11,13,14,15,16). The summed E-state index contributed by atoms with van der Waals surface area (Å²) in [5.41, 5.74) is 8.06. The van der Waals surface area contributed by atoms with Crippen LogP contribution >= 0.6 is 11.8 Å². The lowest BCUT2D eigenvalue weighted by molar-refractivity contribution is 0.634. The summed E-state index contributed by atoms with van der Waals surface area (Å²) in [6, 6.07) is 1.75. The van der Waals surface area contributed by atoms with Crippen LogP contribution in [-0.2, 0) is 0 Å². The van der Waals surface area contributed by atoms with Crippen molar-refractivity contribution in [2.75, 3.05) is 28.8 Å². The van der Waals surface area contributed by atoms with Gasteiger partial charge in [0.25, 0.3) is 0 Å². The normalized spacial score (nSPS) is 23.6. The van der Waals surface area contributed by atoms with Crippen LogP contribution in [0.2, 0.25) is 0 Å². The molecule has 0 saturated carbocycles. The molecule has 0 amide bonds. The van der Waals surface area contributed by atoms with Crippen molar-refractivity contribution in [2.24, 2.45) is 5.84 Å². The van der Waals surface area contributed by atoms with Crippen LogP contribution in [0.15, 0.2) is 6.07 Å². The first-order chi connectivity index (χ1) is 8.11. The van der Waals surface area contributed by atoms with E-state index in [1.165, 1.54) is 18.6 Å². The second kappa shape index (κ2) is 4.97. The van der Waals surface area contributed by atoms with Gasteiger partial charge in [-0.15, -0.1) is 0 Å². The van der Waals surface area contributed by atoms with E-state index in [0.29, 0.717) is 11.6 Å². The Morgan fingerprint density at radius 2 is 2.24 bits per heavy atom. The minimum absolute atomic E-state index is 0.215. The van der Waals surface area contributed by atoms with Crippen LogP contribution in [0, 0.1) is 0 Å². The van der Waals surface area contributed by atoms with Gasteiger partial charge in [0.2, 0.25) is 5.95 Å². The quantitative estimate of drug-likeness (QED) is 0.470. The zero-order valence-corrected chi connectivity index (χ0v) is 10.7. The molecule has 0 radical (unpaired) electrons. The summed E-state index contributed by atoms with van der Waals surface area (Å²) in [6.07, 6.45) is 2.51. The number of hydrogen-bond acceptors (Lipinski definition) is 7. The Labute approximate surface area is 105 Å². The minimum atomic E-state index is 0.215. The number of anilines is 3. The number of nitrogens with one attached hydrogen (secondary N) is 2. The van der Waals surface area contributed by atoms with E-state index in [1.54, 1.807) is 6.07 Å². The number of nitrogen functional groups attached to an aromatic ring is 2. The van der Waals surface area contributed by atoms with E-state index >= 15 is 0 Å². The molecule has 6 N–H and O–H groups in total. The minimum Gasteiger partial charge on any atom is -0.368 e. The van der Waals surface area contributed by atoms with E-state index in [-0.39, 0.29) is 10.7 Å². The molecule has 1 unspecified atom stereocenters. The Hall–Kier alpha value is -1.21. The van der Waals surface area contributed by atoms with E-state index in [1.807, 2.05) is 11.8 Å². The van der Waals surface area contributed by atoms with E-state index in [2.05, 4.69) is 27.6 Å². The summed E-state index contributed by atoms with van der Waals surface area (Å²) in [6.45, 7) is 3.14. The molecule has 0 spiro atoms. The second-order valence-corrected chi connectivity index (χ2v) is 6.08. The molecule has 17 heavy (non-hydrogen) atoms. The van der Waals surface area contributed by atoms with E-state index < -0.39 is 0 Å². The number of hydrazine groups is 1. The number of nitrogens with zero attached hydrogens (tertiary/aromatic N) is 2. The van der Waals surface area contributed by atoms with Crippen molar-refractivity contribution < 1.29 is 0 Å². The maximum absolute atomic E-state index is 5.59. The van der Waals surface area contributed by atoms with Gasteiger partial charge in [-0.1, -0.05) is 0 Å². The summed E-state index contributed by atoms with van der Waals surface area (Å²) in [7, 11) is 0. The van der Waals surface area contributed by atoms with Crippen LogP contribution in [0.1, 0.15) is 19.8 Å². The van der Waals surface area contributed by atoms with Gasteiger partial charge in [0, 0.05) is 17.4 Å². The van der Waals surface area contributed by atoms with Crippen molar-refractivity contribution >= 4 is 29.3 Å². The van der Waals surface area contributed by atoms with Crippen LogP contribution < -0.4 is 22.3 Å². The van der Waals surface area contributed by atoms with Crippen molar-refractivity contribution in [1.82, 2.24) is 9.97 Å². The lowest BCUT2D eigenvalue weighted by atomic mass is 10.1. The summed E-state index contributed by atoms with van der Waals surface area (Å²) >= 11 is 2.00. The first-order valence-corrected chi connectivity index (χ1v) is 6.59. The molecule has 2 rings (SSSR count). The Morgan fingerprint density at radius 1 is 1.47 bits per heavy atom. The Kier molecular flexibility index (Phi) is 3.58. The number of aromatic nitrogens is 2. The third-order valence-electron chi connectivity index (χ3n) is 2.84. The summed E-state index contributed by atoms with van der Waals surface area (Å²) in [4.78, 5) is 8.06. The average molecular weight is 254 g/mol. The number of nitrogens with two attached hydrogens (primary N) is 2. The number of hydrogen-bond donors (Lipinski definition) is 4. The topological polar surface area (TPSA) is 102 Å². The first kappa shape index (κ1) is 12.3. The molecule has 0 aromatic carbocycles. The fraction of sp³-hybridized carbons (Fsp3) is 0.600. The van der Waals surface area contributed by atoms with Gasteiger partial charge in [0.1, 0.15) is 11.6 Å². The molecule has 2 heterocycles. The number of thioether (sulfide) groups is 1. The molecule has 6 nitrogen and oxygen atoms in total. The first-order valence-electron chi connectivity index (χ1n) is 5.60. The highest BCUT2D eigenvalue weighted by Crippen LogP contribution is 2.37. The monoisotopic (exact) mass is 254 g/mol. The Balaban J connectivity index is 2.00. The molecule has 94 valence electrons. The molecule has 1 aliphatic heterocycles. The maximum Gasteiger partial charge on any atom is 0.223 e. The molecule has 1 aromatic rings. The molecule has 1 aliphatic rings. The van der Waals surface area contributed by atoms with Crippen LogP contribution in [0.3, 0.4) is 0 Å². The molecule has 0 aliphatic carbocycles. The molecule has 1 atom stereocenters. The highest BCUT2D eigenvalue weighted by molar-refractivity contribution is 8.00. The van der Waals surface area contributed by atoms with Crippen molar-refractivity contribution in [2.45, 2.75) is 24.5 Å². The lowest BCUT2D eigenvalue weighted by Crippen LogP contribution is -2.27. The Bertz CT molecular complexity index is 390.